The molecule has 0 spiro atoms. The molecule has 31 heavy (non-hydrogen) atoms. The van der Waals surface area contributed by atoms with E-state index in [1.807, 2.05) is 55.4 Å². The lowest BCUT2D eigenvalue weighted by molar-refractivity contribution is -0.154. The number of hydrogen-bond acceptors (Lipinski definition) is 6. The summed E-state index contributed by atoms with van der Waals surface area (Å²) < 4.78 is 11.0. The molecule has 1 amide bonds. The lowest BCUT2D eigenvalue weighted by Gasteiger charge is -2.28. The molecule has 0 fully saturated rings. The van der Waals surface area contributed by atoms with E-state index >= 15 is 0 Å². The average molecular weight is 463 g/mol. The van der Waals surface area contributed by atoms with E-state index in [0.29, 0.717) is 23.9 Å². The highest BCUT2D eigenvalue weighted by molar-refractivity contribution is 7.99. The lowest BCUT2D eigenvalue weighted by Crippen LogP contribution is -2.45. The molecule has 0 bridgehead atoms. The van der Waals surface area contributed by atoms with Gasteiger partial charge in [-0.15, -0.1) is 11.8 Å². The number of fused-ring (bicyclic) bond motifs is 1. The van der Waals surface area contributed by atoms with Crippen molar-refractivity contribution in [2.45, 2.75) is 29.6 Å². The van der Waals surface area contributed by atoms with Crippen LogP contribution in [0, 0.1) is 0 Å². The molecule has 0 unspecified atom stereocenters. The van der Waals surface area contributed by atoms with Gasteiger partial charge >= 0.3 is 5.97 Å². The zero-order valence-corrected chi connectivity index (χ0v) is 19.7. The van der Waals surface area contributed by atoms with Crippen LogP contribution in [0.4, 0.5) is 5.69 Å². The van der Waals surface area contributed by atoms with Crippen molar-refractivity contribution in [3.05, 3.63) is 53.1 Å². The molecule has 2 aromatic carbocycles. The normalized spacial score (nSPS) is 18.5. The van der Waals surface area contributed by atoms with Crippen LogP contribution < -0.4 is 9.64 Å². The second-order valence-corrected chi connectivity index (χ2v) is 9.10. The molecule has 0 aliphatic carbocycles. The summed E-state index contributed by atoms with van der Waals surface area (Å²) in [6, 6.07) is 13.0. The average Bonchev–Trinajstić information content (AvgIpc) is 2.86. The molecule has 3 rings (SSSR count). The third kappa shape index (κ3) is 5.53. The Bertz CT molecular complexity index is 936. The molecule has 6 nitrogen and oxygen atoms in total. The molecule has 1 aliphatic rings. The fourth-order valence-corrected chi connectivity index (χ4v) is 4.90. The summed E-state index contributed by atoms with van der Waals surface area (Å²) in [6.45, 7) is 2.86. The summed E-state index contributed by atoms with van der Waals surface area (Å²) in [5.74, 6) is 0.0684. The molecule has 2 atom stereocenters. The van der Waals surface area contributed by atoms with E-state index in [9.17, 15) is 9.59 Å². The molecule has 0 saturated carbocycles. The first kappa shape index (κ1) is 23.4. The minimum Gasteiger partial charge on any atom is -0.497 e. The molecule has 1 heterocycles. The van der Waals surface area contributed by atoms with E-state index in [-0.39, 0.29) is 12.3 Å². The van der Waals surface area contributed by atoms with Gasteiger partial charge in [0.25, 0.3) is 5.91 Å². The standard InChI is InChI=1S/C23H27ClN2O4S/c1-5-20(27)30-21-22(15-6-9-17(29-4)10-7-15)31-19-14-16(24)8-11-18(19)26(23(21)28)13-12-25(2)3/h6-11,14,21-22H,5,12-13H2,1-4H3/t21-,22+/m1/s1. The van der Waals surface area contributed by atoms with Crippen LogP contribution >= 0.6 is 23.4 Å². The van der Waals surface area contributed by atoms with E-state index in [1.54, 1.807) is 25.0 Å². The number of halogens is 1. The lowest BCUT2D eigenvalue weighted by atomic mass is 10.1. The van der Waals surface area contributed by atoms with Crippen molar-refractivity contribution in [3.63, 3.8) is 0 Å². The van der Waals surface area contributed by atoms with Crippen LogP contribution in [0.2, 0.25) is 5.02 Å². The molecule has 1 aliphatic heterocycles. The van der Waals surface area contributed by atoms with Gasteiger partial charge in [-0.05, 0) is 50.0 Å². The number of carbonyl (C=O) groups is 2. The number of ether oxygens (including phenoxy) is 2. The Kier molecular flexibility index (Phi) is 7.86. The third-order valence-corrected chi connectivity index (χ3v) is 6.60. The van der Waals surface area contributed by atoms with Crippen molar-refractivity contribution < 1.29 is 19.1 Å². The first-order valence-corrected chi connectivity index (χ1v) is 11.4. The highest BCUT2D eigenvalue weighted by Gasteiger charge is 2.41. The maximum absolute atomic E-state index is 13.7. The Morgan fingerprint density at radius 1 is 1.19 bits per heavy atom. The van der Waals surface area contributed by atoms with Crippen LogP contribution in [-0.2, 0) is 14.3 Å². The number of esters is 1. The summed E-state index contributed by atoms with van der Waals surface area (Å²) in [7, 11) is 5.51. The van der Waals surface area contributed by atoms with Crippen LogP contribution in [0.1, 0.15) is 24.2 Å². The number of anilines is 1. The number of rotatable bonds is 7. The Morgan fingerprint density at radius 2 is 1.90 bits per heavy atom. The molecule has 2 aromatic rings. The van der Waals surface area contributed by atoms with Gasteiger partial charge in [-0.3, -0.25) is 9.59 Å². The predicted molar refractivity (Wildman–Crippen MR) is 124 cm³/mol. The summed E-state index contributed by atoms with van der Waals surface area (Å²) in [6.07, 6.45) is -0.764. The molecule has 0 saturated heterocycles. The summed E-state index contributed by atoms with van der Waals surface area (Å²) >= 11 is 7.77. The van der Waals surface area contributed by atoms with Gasteiger partial charge in [-0.1, -0.05) is 30.7 Å². The highest BCUT2D eigenvalue weighted by atomic mass is 35.5. The number of carbonyl (C=O) groups excluding carboxylic acids is 2. The fourth-order valence-electron chi connectivity index (χ4n) is 3.31. The van der Waals surface area contributed by atoms with Crippen molar-refractivity contribution in [2.24, 2.45) is 0 Å². The second-order valence-electron chi connectivity index (χ2n) is 7.48. The Labute approximate surface area is 192 Å². The monoisotopic (exact) mass is 462 g/mol. The Balaban J connectivity index is 2.09. The number of benzene rings is 2. The van der Waals surface area contributed by atoms with Crippen LogP contribution in [0.3, 0.4) is 0 Å². The number of likely N-dealkylation sites (N-methyl/N-ethyl adjacent to an activating group) is 1. The van der Waals surface area contributed by atoms with Gasteiger partial charge in [0, 0.05) is 29.4 Å². The van der Waals surface area contributed by atoms with Crippen molar-refractivity contribution in [3.8, 4) is 5.75 Å². The van der Waals surface area contributed by atoms with Gasteiger partial charge in [-0.25, -0.2) is 0 Å². The second kappa shape index (κ2) is 10.4. The Morgan fingerprint density at radius 3 is 2.52 bits per heavy atom. The predicted octanol–water partition coefficient (Wildman–Crippen LogP) is 4.41. The maximum atomic E-state index is 13.7. The summed E-state index contributed by atoms with van der Waals surface area (Å²) in [5.41, 5.74) is 1.64. The van der Waals surface area contributed by atoms with Crippen molar-refractivity contribution >= 4 is 40.9 Å². The molecule has 0 aromatic heterocycles. The van der Waals surface area contributed by atoms with E-state index in [0.717, 1.165) is 16.1 Å². The molecular weight excluding hydrogens is 436 g/mol. The van der Waals surface area contributed by atoms with E-state index < -0.39 is 17.3 Å². The number of methoxy groups -OCH3 is 1. The summed E-state index contributed by atoms with van der Waals surface area (Å²) in [5, 5.41) is 0.166. The molecule has 166 valence electrons. The largest absolute Gasteiger partial charge is 0.497 e. The van der Waals surface area contributed by atoms with Gasteiger partial charge in [0.1, 0.15) is 5.75 Å². The zero-order chi connectivity index (χ0) is 22.5. The summed E-state index contributed by atoms with van der Waals surface area (Å²) in [4.78, 5) is 30.6. The van der Waals surface area contributed by atoms with Gasteiger partial charge in [-0.2, -0.15) is 0 Å². The molecular formula is C23H27ClN2O4S. The molecule has 0 radical (unpaired) electrons. The first-order valence-electron chi connectivity index (χ1n) is 10.1. The van der Waals surface area contributed by atoms with Crippen LogP contribution in [0.15, 0.2) is 47.4 Å². The minimum absolute atomic E-state index is 0.195. The highest BCUT2D eigenvalue weighted by Crippen LogP contribution is 2.47. The van der Waals surface area contributed by atoms with E-state index in [1.165, 1.54) is 11.8 Å². The van der Waals surface area contributed by atoms with Crippen LogP contribution in [0.5, 0.6) is 5.75 Å². The van der Waals surface area contributed by atoms with Crippen LogP contribution in [-0.4, -0.2) is 57.2 Å². The SMILES string of the molecule is CCC(=O)O[C@H]1C(=O)N(CCN(C)C)c2ccc(Cl)cc2S[C@H]1c1ccc(OC)cc1. The van der Waals surface area contributed by atoms with Crippen molar-refractivity contribution in [1.82, 2.24) is 4.90 Å². The Hall–Kier alpha value is -2.22. The van der Waals surface area contributed by atoms with Gasteiger partial charge < -0.3 is 19.3 Å². The number of thioether (sulfide) groups is 1. The van der Waals surface area contributed by atoms with Crippen molar-refractivity contribution in [2.75, 3.05) is 39.2 Å². The van der Waals surface area contributed by atoms with Crippen LogP contribution in [0.25, 0.3) is 0 Å². The molecule has 8 heteroatoms. The smallest absolute Gasteiger partial charge is 0.306 e. The van der Waals surface area contributed by atoms with Gasteiger partial charge in [0.15, 0.2) is 6.10 Å². The van der Waals surface area contributed by atoms with Gasteiger partial charge in [0.05, 0.1) is 18.0 Å². The maximum Gasteiger partial charge on any atom is 0.306 e. The van der Waals surface area contributed by atoms with Gasteiger partial charge in [0.2, 0.25) is 0 Å². The fraction of sp³-hybridized carbons (Fsp3) is 0.391. The number of amides is 1. The molecule has 0 N–H and O–H groups in total. The van der Waals surface area contributed by atoms with E-state index in [2.05, 4.69) is 0 Å². The van der Waals surface area contributed by atoms with Crippen molar-refractivity contribution in [1.29, 1.82) is 0 Å². The topological polar surface area (TPSA) is 59.1 Å². The van der Waals surface area contributed by atoms with E-state index in [4.69, 9.17) is 21.1 Å². The third-order valence-electron chi connectivity index (χ3n) is 5.01. The zero-order valence-electron chi connectivity index (χ0n) is 18.1. The quantitative estimate of drug-likeness (QED) is 0.568. The number of hydrogen-bond donors (Lipinski definition) is 0. The minimum atomic E-state index is -0.959. The first-order chi connectivity index (χ1) is 14.8. The number of nitrogens with zero attached hydrogens (tertiary/aromatic N) is 2.